The number of aryl methyl sites for hydroxylation is 1. The fourth-order valence-corrected chi connectivity index (χ4v) is 2.35. The predicted octanol–water partition coefficient (Wildman–Crippen LogP) is 4.08. The molecule has 3 aromatic rings. The Labute approximate surface area is 144 Å². The van der Waals surface area contributed by atoms with Gasteiger partial charge in [-0.15, -0.1) is 15.3 Å². The Morgan fingerprint density at radius 2 is 1.92 bits per heavy atom. The van der Waals surface area contributed by atoms with Gasteiger partial charge in [0, 0.05) is 11.1 Å². The second-order valence-electron chi connectivity index (χ2n) is 5.17. The Hall–Kier alpha value is -2.86. The zero-order chi connectivity index (χ0) is 18.4. The van der Waals surface area contributed by atoms with Crippen molar-refractivity contribution in [3.05, 3.63) is 45.7 Å². The number of nitriles is 1. The number of nitrogens with zero attached hydrogens (tertiary/aromatic N) is 5. The summed E-state index contributed by atoms with van der Waals surface area (Å²) in [6.45, 7) is 3.23. The standard InChI is InChI=1S/C15H9ClF3N5O/c1-7-8(2)13(25-11-4-3-9(6-20)5-10(11)16)23-24-12(7)21-22-14(24)15(17,18)19/h3-5H,1-2H3. The maximum atomic E-state index is 13.0. The van der Waals surface area contributed by atoms with Gasteiger partial charge in [0.25, 0.3) is 5.82 Å². The first kappa shape index (κ1) is 17.0. The monoisotopic (exact) mass is 367 g/mol. The second-order valence-corrected chi connectivity index (χ2v) is 5.58. The smallest absolute Gasteiger partial charge is 0.436 e. The van der Waals surface area contributed by atoms with Crippen molar-refractivity contribution in [2.75, 3.05) is 0 Å². The van der Waals surface area contributed by atoms with Crippen molar-refractivity contribution < 1.29 is 17.9 Å². The van der Waals surface area contributed by atoms with E-state index in [0.717, 1.165) is 0 Å². The van der Waals surface area contributed by atoms with Crippen LogP contribution < -0.4 is 4.74 Å². The highest BCUT2D eigenvalue weighted by Gasteiger charge is 2.38. The lowest BCUT2D eigenvalue weighted by Gasteiger charge is -2.12. The van der Waals surface area contributed by atoms with Gasteiger partial charge >= 0.3 is 6.18 Å². The summed E-state index contributed by atoms with van der Waals surface area (Å²) in [6.07, 6.45) is -4.71. The molecular formula is C15H9ClF3N5O. The van der Waals surface area contributed by atoms with Gasteiger partial charge in [0.2, 0.25) is 5.88 Å². The number of hydrogen-bond acceptors (Lipinski definition) is 5. The van der Waals surface area contributed by atoms with E-state index >= 15 is 0 Å². The summed E-state index contributed by atoms with van der Waals surface area (Å²) >= 11 is 6.04. The van der Waals surface area contributed by atoms with Gasteiger partial charge < -0.3 is 4.74 Å². The van der Waals surface area contributed by atoms with Crippen LogP contribution in [-0.4, -0.2) is 19.8 Å². The number of hydrogen-bond donors (Lipinski definition) is 0. The lowest BCUT2D eigenvalue weighted by atomic mass is 10.2. The molecule has 0 spiro atoms. The molecule has 0 unspecified atom stereocenters. The third-order valence-corrected chi connectivity index (χ3v) is 3.87. The maximum Gasteiger partial charge on any atom is 0.453 e. The molecule has 0 fully saturated rings. The van der Waals surface area contributed by atoms with Crippen molar-refractivity contribution in [2.45, 2.75) is 20.0 Å². The molecule has 2 aromatic heterocycles. The quantitative estimate of drug-likeness (QED) is 0.682. The van der Waals surface area contributed by atoms with Crippen molar-refractivity contribution in [3.63, 3.8) is 0 Å². The van der Waals surface area contributed by atoms with Crippen LogP contribution in [0.3, 0.4) is 0 Å². The Morgan fingerprint density at radius 3 is 2.52 bits per heavy atom. The SMILES string of the molecule is Cc1c(Oc2ccc(C#N)cc2Cl)nn2c(C(F)(F)F)nnc2c1C. The third-order valence-electron chi connectivity index (χ3n) is 3.57. The molecule has 0 bridgehead atoms. The van der Waals surface area contributed by atoms with Crippen LogP contribution in [0, 0.1) is 25.2 Å². The van der Waals surface area contributed by atoms with E-state index in [9.17, 15) is 13.2 Å². The van der Waals surface area contributed by atoms with Gasteiger partial charge in [-0.3, -0.25) is 0 Å². The molecule has 2 heterocycles. The first-order valence-corrected chi connectivity index (χ1v) is 7.27. The minimum Gasteiger partial charge on any atom is -0.436 e. The molecule has 3 rings (SSSR count). The molecule has 0 amide bonds. The molecule has 0 atom stereocenters. The van der Waals surface area contributed by atoms with E-state index in [-0.39, 0.29) is 22.3 Å². The minimum absolute atomic E-state index is 0.0110. The van der Waals surface area contributed by atoms with E-state index in [4.69, 9.17) is 21.6 Å². The summed E-state index contributed by atoms with van der Waals surface area (Å²) in [5.74, 6) is -1.15. The summed E-state index contributed by atoms with van der Waals surface area (Å²) in [5.41, 5.74) is 1.25. The minimum atomic E-state index is -4.71. The highest BCUT2D eigenvalue weighted by Crippen LogP contribution is 2.34. The van der Waals surface area contributed by atoms with Crippen molar-refractivity contribution in [1.29, 1.82) is 5.26 Å². The van der Waals surface area contributed by atoms with E-state index in [2.05, 4.69) is 15.3 Å². The number of alkyl halides is 3. The van der Waals surface area contributed by atoms with Crippen molar-refractivity contribution in [3.8, 4) is 17.7 Å². The molecule has 0 aliphatic carbocycles. The first-order chi connectivity index (χ1) is 11.7. The number of benzene rings is 1. The Balaban J connectivity index is 2.13. The van der Waals surface area contributed by atoms with Crippen LogP contribution in [-0.2, 0) is 6.18 Å². The van der Waals surface area contributed by atoms with E-state index in [1.807, 2.05) is 6.07 Å². The van der Waals surface area contributed by atoms with Crippen LogP contribution in [0.5, 0.6) is 11.6 Å². The van der Waals surface area contributed by atoms with Gasteiger partial charge in [-0.05, 0) is 32.0 Å². The average molecular weight is 368 g/mol. The molecule has 128 valence electrons. The van der Waals surface area contributed by atoms with Crippen molar-refractivity contribution in [2.24, 2.45) is 0 Å². The van der Waals surface area contributed by atoms with Crippen LogP contribution in [0.1, 0.15) is 22.5 Å². The summed E-state index contributed by atoms with van der Waals surface area (Å²) in [4.78, 5) is 0. The lowest BCUT2D eigenvalue weighted by Crippen LogP contribution is -2.13. The Bertz CT molecular complexity index is 1020. The third kappa shape index (κ3) is 2.96. The number of aromatic nitrogens is 4. The first-order valence-electron chi connectivity index (χ1n) is 6.89. The number of fused-ring (bicyclic) bond motifs is 1. The van der Waals surface area contributed by atoms with Gasteiger partial charge in [0.05, 0.1) is 16.7 Å². The van der Waals surface area contributed by atoms with Crippen LogP contribution in [0.4, 0.5) is 13.2 Å². The van der Waals surface area contributed by atoms with Crippen molar-refractivity contribution in [1.82, 2.24) is 19.8 Å². The van der Waals surface area contributed by atoms with Crippen molar-refractivity contribution >= 4 is 17.2 Å². The normalized spacial score (nSPS) is 11.6. The average Bonchev–Trinajstić information content (AvgIpc) is 2.98. The Kier molecular flexibility index (Phi) is 4.00. The second kappa shape index (κ2) is 5.89. The highest BCUT2D eigenvalue weighted by atomic mass is 35.5. The van der Waals surface area contributed by atoms with E-state index in [1.165, 1.54) is 18.2 Å². The molecule has 0 N–H and O–H groups in total. The molecule has 1 aromatic carbocycles. The molecule has 10 heteroatoms. The van der Waals surface area contributed by atoms with Gasteiger partial charge in [-0.25, -0.2) is 0 Å². The predicted molar refractivity (Wildman–Crippen MR) is 81.5 cm³/mol. The molecule has 6 nitrogen and oxygen atoms in total. The lowest BCUT2D eigenvalue weighted by molar-refractivity contribution is -0.146. The fourth-order valence-electron chi connectivity index (χ4n) is 2.13. The maximum absolute atomic E-state index is 13.0. The van der Waals surface area contributed by atoms with Crippen LogP contribution in [0.2, 0.25) is 5.02 Å². The van der Waals surface area contributed by atoms with Gasteiger partial charge in [0.1, 0.15) is 5.75 Å². The molecule has 0 saturated carbocycles. The van der Waals surface area contributed by atoms with Crippen LogP contribution in [0.15, 0.2) is 18.2 Å². The molecule has 0 aliphatic rings. The van der Waals surface area contributed by atoms with Crippen LogP contribution in [0.25, 0.3) is 5.65 Å². The molecule has 25 heavy (non-hydrogen) atoms. The summed E-state index contributed by atoms with van der Waals surface area (Å²) in [6, 6.07) is 6.23. The highest BCUT2D eigenvalue weighted by molar-refractivity contribution is 6.32. The van der Waals surface area contributed by atoms with Gasteiger partial charge in [0.15, 0.2) is 5.65 Å². The number of halogens is 4. The molecule has 0 radical (unpaired) electrons. The number of rotatable bonds is 2. The molecular weight excluding hydrogens is 359 g/mol. The summed E-state index contributed by atoms with van der Waals surface area (Å²) < 4.78 is 45.3. The zero-order valence-electron chi connectivity index (χ0n) is 12.9. The fraction of sp³-hybridized carbons (Fsp3) is 0.200. The topological polar surface area (TPSA) is 76.1 Å². The number of ether oxygens (including phenoxy) is 1. The van der Waals surface area contributed by atoms with E-state index < -0.39 is 12.0 Å². The molecule has 0 saturated heterocycles. The molecule has 0 aliphatic heterocycles. The summed E-state index contributed by atoms with van der Waals surface area (Å²) in [5, 5.41) is 19.6. The summed E-state index contributed by atoms with van der Waals surface area (Å²) in [7, 11) is 0. The Morgan fingerprint density at radius 1 is 1.20 bits per heavy atom. The zero-order valence-corrected chi connectivity index (χ0v) is 13.6. The van der Waals surface area contributed by atoms with Gasteiger partial charge in [-0.1, -0.05) is 11.6 Å². The van der Waals surface area contributed by atoms with E-state index in [0.29, 0.717) is 21.2 Å². The largest absolute Gasteiger partial charge is 0.453 e. The van der Waals surface area contributed by atoms with Gasteiger partial charge in [-0.2, -0.15) is 22.9 Å². The van der Waals surface area contributed by atoms with Crippen LogP contribution >= 0.6 is 11.6 Å². The van der Waals surface area contributed by atoms with E-state index in [1.54, 1.807) is 13.8 Å².